The molecule has 2 rings (SSSR count). The Morgan fingerprint density at radius 3 is 2.80 bits per heavy atom. The van der Waals surface area contributed by atoms with Gasteiger partial charge < -0.3 is 9.47 Å². The van der Waals surface area contributed by atoms with Crippen molar-refractivity contribution in [3.63, 3.8) is 0 Å². The summed E-state index contributed by atoms with van der Waals surface area (Å²) in [5.41, 5.74) is 0.852. The molecule has 20 heavy (non-hydrogen) atoms. The molecule has 1 saturated heterocycles. The molecule has 1 aliphatic heterocycles. The summed E-state index contributed by atoms with van der Waals surface area (Å²) in [5, 5.41) is 0.355. The van der Waals surface area contributed by atoms with E-state index in [9.17, 15) is 4.39 Å². The lowest BCUT2D eigenvalue weighted by atomic mass is 10.1. The SMILES string of the molecule is CCOc1c(Cl)cc(F)cc1CCCN1CCOCC1. The number of nitrogens with zero attached hydrogens (tertiary/aromatic N) is 1. The Hall–Kier alpha value is -0.840. The average Bonchev–Trinajstić information content (AvgIpc) is 2.43. The molecule has 1 heterocycles. The van der Waals surface area contributed by atoms with Crippen LogP contribution in [0.25, 0.3) is 0 Å². The van der Waals surface area contributed by atoms with E-state index in [1.54, 1.807) is 0 Å². The second-order valence-electron chi connectivity index (χ2n) is 4.87. The fraction of sp³-hybridized carbons (Fsp3) is 0.600. The number of hydrogen-bond donors (Lipinski definition) is 0. The molecule has 0 radical (unpaired) electrons. The minimum atomic E-state index is -0.306. The Kier molecular flexibility index (Phi) is 6.07. The van der Waals surface area contributed by atoms with Crippen LogP contribution in [0.5, 0.6) is 5.75 Å². The van der Waals surface area contributed by atoms with Crippen LogP contribution in [0.4, 0.5) is 4.39 Å². The smallest absolute Gasteiger partial charge is 0.141 e. The van der Waals surface area contributed by atoms with Crippen LogP contribution >= 0.6 is 11.6 Å². The number of hydrogen-bond acceptors (Lipinski definition) is 3. The van der Waals surface area contributed by atoms with Crippen LogP contribution in [0.2, 0.25) is 5.02 Å². The van der Waals surface area contributed by atoms with Crippen molar-refractivity contribution in [2.24, 2.45) is 0 Å². The van der Waals surface area contributed by atoms with Crippen molar-refractivity contribution in [3.8, 4) is 5.75 Å². The predicted octanol–water partition coefficient (Wildman–Crippen LogP) is 3.14. The number of morpholine rings is 1. The molecule has 0 saturated carbocycles. The first kappa shape index (κ1) is 15.5. The van der Waals surface area contributed by atoms with Crippen molar-refractivity contribution in [1.29, 1.82) is 0 Å². The van der Waals surface area contributed by atoms with Crippen LogP contribution in [0.15, 0.2) is 12.1 Å². The molecule has 0 amide bonds. The quantitative estimate of drug-likeness (QED) is 0.806. The van der Waals surface area contributed by atoms with Gasteiger partial charge in [0.2, 0.25) is 0 Å². The van der Waals surface area contributed by atoms with Crippen molar-refractivity contribution in [2.45, 2.75) is 19.8 Å². The largest absolute Gasteiger partial charge is 0.492 e. The van der Waals surface area contributed by atoms with Crippen molar-refractivity contribution >= 4 is 11.6 Å². The number of aryl methyl sites for hydroxylation is 1. The van der Waals surface area contributed by atoms with Gasteiger partial charge in [0.1, 0.15) is 11.6 Å². The molecule has 0 aliphatic carbocycles. The summed E-state index contributed by atoms with van der Waals surface area (Å²) in [7, 11) is 0. The topological polar surface area (TPSA) is 21.7 Å². The Balaban J connectivity index is 1.93. The lowest BCUT2D eigenvalue weighted by molar-refractivity contribution is 0.0374. The molecule has 1 fully saturated rings. The van der Waals surface area contributed by atoms with E-state index in [1.165, 1.54) is 12.1 Å². The summed E-state index contributed by atoms with van der Waals surface area (Å²) in [4.78, 5) is 2.37. The minimum Gasteiger partial charge on any atom is -0.492 e. The van der Waals surface area contributed by atoms with Gasteiger partial charge in [-0.2, -0.15) is 0 Å². The summed E-state index contributed by atoms with van der Waals surface area (Å²) >= 11 is 6.05. The van der Waals surface area contributed by atoms with Crippen molar-refractivity contribution in [1.82, 2.24) is 4.90 Å². The Morgan fingerprint density at radius 1 is 1.35 bits per heavy atom. The second kappa shape index (κ2) is 7.81. The molecule has 0 unspecified atom stereocenters. The molecule has 0 N–H and O–H groups in total. The van der Waals surface area contributed by atoms with E-state index in [0.29, 0.717) is 17.4 Å². The average molecular weight is 302 g/mol. The van der Waals surface area contributed by atoms with Gasteiger partial charge in [-0.1, -0.05) is 11.6 Å². The van der Waals surface area contributed by atoms with Gasteiger partial charge in [-0.3, -0.25) is 4.90 Å². The second-order valence-corrected chi connectivity index (χ2v) is 5.27. The van der Waals surface area contributed by atoms with E-state index in [2.05, 4.69) is 4.90 Å². The zero-order valence-electron chi connectivity index (χ0n) is 11.8. The van der Waals surface area contributed by atoms with Gasteiger partial charge in [0.25, 0.3) is 0 Å². The normalized spacial score (nSPS) is 16.4. The summed E-state index contributed by atoms with van der Waals surface area (Å²) in [5.74, 6) is 0.317. The highest BCUT2D eigenvalue weighted by Crippen LogP contribution is 2.31. The number of ether oxygens (including phenoxy) is 2. The van der Waals surface area contributed by atoms with Crippen molar-refractivity contribution in [3.05, 3.63) is 28.5 Å². The van der Waals surface area contributed by atoms with E-state index in [1.807, 2.05) is 6.92 Å². The zero-order chi connectivity index (χ0) is 14.4. The highest BCUT2D eigenvalue weighted by Gasteiger charge is 2.13. The summed E-state index contributed by atoms with van der Waals surface area (Å²) in [6.45, 7) is 6.97. The van der Waals surface area contributed by atoms with Gasteiger partial charge in [-0.05, 0) is 44.0 Å². The third-order valence-corrected chi connectivity index (χ3v) is 3.68. The zero-order valence-corrected chi connectivity index (χ0v) is 12.6. The molecule has 5 heteroatoms. The molecule has 1 aromatic carbocycles. The highest BCUT2D eigenvalue weighted by atomic mass is 35.5. The molecule has 3 nitrogen and oxygen atoms in total. The molecule has 0 atom stereocenters. The maximum absolute atomic E-state index is 13.5. The third-order valence-electron chi connectivity index (χ3n) is 3.40. The highest BCUT2D eigenvalue weighted by molar-refractivity contribution is 6.32. The van der Waals surface area contributed by atoms with Gasteiger partial charge in [-0.25, -0.2) is 4.39 Å². The van der Waals surface area contributed by atoms with Crippen LogP contribution in [-0.2, 0) is 11.2 Å². The van der Waals surface area contributed by atoms with Crippen molar-refractivity contribution < 1.29 is 13.9 Å². The van der Waals surface area contributed by atoms with Crippen LogP contribution in [-0.4, -0.2) is 44.4 Å². The maximum Gasteiger partial charge on any atom is 0.141 e. The van der Waals surface area contributed by atoms with E-state index in [-0.39, 0.29) is 5.82 Å². The van der Waals surface area contributed by atoms with E-state index in [4.69, 9.17) is 21.1 Å². The number of halogens is 2. The fourth-order valence-electron chi connectivity index (χ4n) is 2.42. The maximum atomic E-state index is 13.5. The van der Waals surface area contributed by atoms with Crippen LogP contribution in [0.1, 0.15) is 18.9 Å². The van der Waals surface area contributed by atoms with E-state index >= 15 is 0 Å². The Labute approximate surface area is 124 Å². The Morgan fingerprint density at radius 2 is 2.10 bits per heavy atom. The first-order valence-electron chi connectivity index (χ1n) is 7.11. The molecule has 0 spiro atoms. The summed E-state index contributed by atoms with van der Waals surface area (Å²) < 4.78 is 24.3. The number of benzene rings is 1. The van der Waals surface area contributed by atoms with Gasteiger partial charge in [0.05, 0.1) is 24.8 Å². The predicted molar refractivity (Wildman–Crippen MR) is 78.2 cm³/mol. The molecule has 112 valence electrons. The molecule has 0 aromatic heterocycles. The van der Waals surface area contributed by atoms with Gasteiger partial charge in [0, 0.05) is 13.1 Å². The van der Waals surface area contributed by atoms with Gasteiger partial charge in [0.15, 0.2) is 0 Å². The standard InChI is InChI=1S/C15H21ClFNO2/c1-2-20-15-12(10-13(17)11-14(15)16)4-3-5-18-6-8-19-9-7-18/h10-11H,2-9H2,1H3. The Bertz CT molecular complexity index is 436. The lowest BCUT2D eigenvalue weighted by Gasteiger charge is -2.26. The minimum absolute atomic E-state index is 0.306. The first-order valence-corrected chi connectivity index (χ1v) is 7.49. The fourth-order valence-corrected chi connectivity index (χ4v) is 2.70. The van der Waals surface area contributed by atoms with Crippen molar-refractivity contribution in [2.75, 3.05) is 39.5 Å². The van der Waals surface area contributed by atoms with Crippen LogP contribution in [0.3, 0.4) is 0 Å². The number of rotatable bonds is 6. The van der Waals surface area contributed by atoms with Crippen LogP contribution in [0, 0.1) is 5.82 Å². The van der Waals surface area contributed by atoms with Crippen LogP contribution < -0.4 is 4.74 Å². The summed E-state index contributed by atoms with van der Waals surface area (Å²) in [6, 6.07) is 2.83. The third kappa shape index (κ3) is 4.33. The molecule has 0 bridgehead atoms. The van der Waals surface area contributed by atoms with E-state index in [0.717, 1.165) is 51.3 Å². The summed E-state index contributed by atoms with van der Waals surface area (Å²) in [6.07, 6.45) is 1.73. The lowest BCUT2D eigenvalue weighted by Crippen LogP contribution is -2.36. The van der Waals surface area contributed by atoms with E-state index < -0.39 is 0 Å². The molecular formula is C15H21ClFNO2. The molecule has 1 aliphatic rings. The monoisotopic (exact) mass is 301 g/mol. The first-order chi connectivity index (χ1) is 9.70. The van der Waals surface area contributed by atoms with Gasteiger partial charge in [-0.15, -0.1) is 0 Å². The van der Waals surface area contributed by atoms with Gasteiger partial charge >= 0.3 is 0 Å². The molecular weight excluding hydrogens is 281 g/mol. The molecule has 1 aromatic rings.